The quantitative estimate of drug-likeness (QED) is 0.0649. The Labute approximate surface area is 692 Å². The molecule has 0 fully saturated rings. The number of hydrogen-bond donors (Lipinski definition) is 0. The van der Waals surface area contributed by atoms with Crippen molar-refractivity contribution < 1.29 is 0 Å². The van der Waals surface area contributed by atoms with Crippen molar-refractivity contribution in [1.82, 2.24) is 44.9 Å². The lowest BCUT2D eigenvalue weighted by Crippen LogP contribution is -2.12. The van der Waals surface area contributed by atoms with Crippen LogP contribution in [0.5, 0.6) is 0 Å². The summed E-state index contributed by atoms with van der Waals surface area (Å²) in [7, 11) is 0. The van der Waals surface area contributed by atoms with E-state index in [1.54, 1.807) is 0 Å². The highest BCUT2D eigenvalue weighted by atomic mass is 15.1. The van der Waals surface area contributed by atoms with Gasteiger partial charge in [-0.15, -0.1) is 0 Å². The first kappa shape index (κ1) is 83.9. The van der Waals surface area contributed by atoms with Gasteiger partial charge in [-0.3, -0.25) is 0 Å². The van der Waals surface area contributed by atoms with Gasteiger partial charge in [-0.1, -0.05) is 360 Å². The first-order chi connectivity index (χ1) is 55.5. The summed E-state index contributed by atoms with van der Waals surface area (Å²) < 4.78 is 0. The Kier molecular flexibility index (Phi) is 27.0. The van der Waals surface area contributed by atoms with Gasteiger partial charge in [0.1, 0.15) is 0 Å². The largest absolute Gasteiger partial charge is 0.208 e. The van der Waals surface area contributed by atoms with Crippen molar-refractivity contribution in [2.75, 3.05) is 0 Å². The fourth-order valence-corrected chi connectivity index (χ4v) is 14.3. The van der Waals surface area contributed by atoms with Crippen molar-refractivity contribution in [1.29, 1.82) is 0 Å². The molecule has 0 saturated heterocycles. The smallest absolute Gasteiger partial charge is 0.164 e. The van der Waals surface area contributed by atoms with Gasteiger partial charge >= 0.3 is 0 Å². The lowest BCUT2D eigenvalue weighted by atomic mass is 9.83. The van der Waals surface area contributed by atoms with Crippen LogP contribution in [0, 0.1) is 55.4 Å². The second kappa shape index (κ2) is 37.4. The molecule has 11 aromatic carbocycles. The van der Waals surface area contributed by atoms with Crippen LogP contribution in [-0.2, 0) is 29.1 Å². The molecule has 0 aliphatic carbocycles. The first-order valence-corrected chi connectivity index (χ1v) is 41.8. The van der Waals surface area contributed by atoms with E-state index < -0.39 is 0 Å². The average Bonchev–Trinajstić information content (AvgIpc) is 0.780. The van der Waals surface area contributed by atoms with E-state index in [1.165, 1.54) is 124 Å². The molecular weight excluding hydrogens is 1410 g/mol. The zero-order valence-corrected chi connectivity index (χ0v) is 72.2. The van der Waals surface area contributed by atoms with E-state index >= 15 is 0 Å². The molecule has 0 N–H and O–H groups in total. The molecule has 9 nitrogen and oxygen atoms in total. The number of unbranched alkanes of at least 4 members (excludes halogenated alkanes) is 6. The third kappa shape index (κ3) is 22.1. The van der Waals surface area contributed by atoms with Gasteiger partial charge in [-0.2, -0.15) is 0 Å². The molecule has 0 bridgehead atoms. The highest BCUT2D eigenvalue weighted by Crippen LogP contribution is 2.39. The molecule has 0 spiro atoms. The van der Waals surface area contributed by atoms with Crippen molar-refractivity contribution in [2.45, 2.75) is 212 Å². The molecular formula is C107H117N9. The van der Waals surface area contributed by atoms with Crippen LogP contribution in [0.15, 0.2) is 243 Å². The molecule has 0 aliphatic heterocycles. The summed E-state index contributed by atoms with van der Waals surface area (Å²) >= 11 is 0. The normalized spacial score (nSPS) is 11.6. The third-order valence-electron chi connectivity index (χ3n) is 21.7. The number of hydrogen-bond acceptors (Lipinski definition) is 9. The molecule has 3 heterocycles. The molecule has 0 aliphatic rings. The van der Waals surface area contributed by atoms with Crippen molar-refractivity contribution in [3.63, 3.8) is 0 Å². The van der Waals surface area contributed by atoms with Crippen LogP contribution in [0.3, 0.4) is 0 Å². The van der Waals surface area contributed by atoms with Gasteiger partial charge in [0.25, 0.3) is 0 Å². The summed E-state index contributed by atoms with van der Waals surface area (Å²) in [5.41, 5.74) is 30.3. The van der Waals surface area contributed by atoms with Crippen LogP contribution in [0.1, 0.15) is 200 Å². The molecule has 9 heteroatoms. The number of nitrogens with zero attached hydrogens (tertiary/aromatic N) is 9. The second-order valence-electron chi connectivity index (χ2n) is 35.0. The van der Waals surface area contributed by atoms with Gasteiger partial charge in [0.2, 0.25) is 0 Å². The van der Waals surface area contributed by atoms with Crippen LogP contribution >= 0.6 is 0 Å². The van der Waals surface area contributed by atoms with Gasteiger partial charge < -0.3 is 0 Å². The van der Waals surface area contributed by atoms with E-state index in [0.717, 1.165) is 108 Å². The maximum absolute atomic E-state index is 5.09. The van der Waals surface area contributed by atoms with E-state index in [4.69, 9.17) is 44.9 Å². The zero-order valence-electron chi connectivity index (χ0n) is 72.2. The topological polar surface area (TPSA) is 116 Å². The van der Waals surface area contributed by atoms with Crippen molar-refractivity contribution in [3.05, 3.63) is 315 Å². The molecule has 0 radical (unpaired) electrons. The van der Waals surface area contributed by atoms with Gasteiger partial charge in [-0.25, -0.2) is 44.9 Å². The Hall–Kier alpha value is -11.6. The minimum Gasteiger partial charge on any atom is -0.208 e. The maximum atomic E-state index is 5.09. The lowest BCUT2D eigenvalue weighted by Gasteiger charge is -2.22. The lowest BCUT2D eigenvalue weighted by molar-refractivity contribution is 0.589. The van der Waals surface area contributed by atoms with Gasteiger partial charge in [0, 0.05) is 50.1 Å². The Morgan fingerprint density at radius 1 is 0.198 bits per heavy atom. The van der Waals surface area contributed by atoms with E-state index in [-0.39, 0.29) is 16.2 Å². The van der Waals surface area contributed by atoms with Crippen molar-refractivity contribution in [2.24, 2.45) is 0 Å². The predicted octanol–water partition coefficient (Wildman–Crippen LogP) is 28.6. The summed E-state index contributed by atoms with van der Waals surface area (Å²) in [6, 6.07) is 86.6. The summed E-state index contributed by atoms with van der Waals surface area (Å²) in [6.07, 6.45) is 12.4. The summed E-state index contributed by atoms with van der Waals surface area (Å²) in [5, 5.41) is 0. The van der Waals surface area contributed by atoms with E-state index in [1.807, 2.05) is 0 Å². The highest BCUT2D eigenvalue weighted by molar-refractivity contribution is 5.81. The van der Waals surface area contributed by atoms with Crippen LogP contribution < -0.4 is 0 Å². The minimum absolute atomic E-state index is 0.0873. The molecule has 0 unspecified atom stereocenters. The summed E-state index contributed by atoms with van der Waals surface area (Å²) in [5.74, 6) is 6.31. The van der Waals surface area contributed by atoms with Gasteiger partial charge in [0.05, 0.1) is 0 Å². The molecule has 116 heavy (non-hydrogen) atoms. The number of rotatable bonds is 21. The Morgan fingerprint density at radius 2 is 0.422 bits per heavy atom. The summed E-state index contributed by atoms with van der Waals surface area (Å²) in [6.45, 7) is 41.6. The number of aryl methyl sites for hydroxylation is 10. The van der Waals surface area contributed by atoms with Crippen LogP contribution in [0.2, 0.25) is 0 Å². The molecule has 14 aromatic rings. The fraction of sp³-hybridized carbons (Fsp3) is 0.299. The average molecular weight is 1530 g/mol. The molecule has 0 saturated carbocycles. The van der Waals surface area contributed by atoms with Crippen molar-refractivity contribution in [3.8, 4) is 125 Å². The first-order valence-electron chi connectivity index (χ1n) is 41.8. The number of benzene rings is 11. The minimum atomic E-state index is 0.0873. The Bertz CT molecular complexity index is 5310. The fourth-order valence-electron chi connectivity index (χ4n) is 14.3. The monoisotopic (exact) mass is 1530 g/mol. The van der Waals surface area contributed by atoms with Gasteiger partial charge in [0.15, 0.2) is 52.4 Å². The van der Waals surface area contributed by atoms with Crippen molar-refractivity contribution >= 4 is 0 Å². The summed E-state index contributed by atoms with van der Waals surface area (Å²) in [4.78, 5) is 44.8. The second-order valence-corrected chi connectivity index (χ2v) is 35.0. The molecule has 0 atom stereocenters. The van der Waals surface area contributed by atoms with E-state index in [9.17, 15) is 0 Å². The molecule has 14 rings (SSSR count). The SMILES string of the molecule is CCCCCCc1cc(CCCCCC)cc(-c2nc(-c3ccc(C)cc3)nc(-c3ccc(C)cc3)n2)c1.Cc1ccc(-c2nc(-c3ccc(C)cc3)nc(-c3c(C)cc(C(C)(C)C)cc3C)n2)cc1.Cc1ccc(-c2nc(-c3ccc(C)cc3)nc(-c3cc(-c4ccc(C(C)(C)C)cc4)cc(-c4ccc(C(C)(C)C)cc4)c3)n2)cc1. The Balaban J connectivity index is 0.000000163. The zero-order chi connectivity index (χ0) is 82.4. The maximum Gasteiger partial charge on any atom is 0.164 e. The molecule has 0 amide bonds. The number of aromatic nitrogens is 9. The van der Waals surface area contributed by atoms with E-state index in [0.29, 0.717) is 29.1 Å². The molecule has 3 aromatic heterocycles. The standard InChI is InChI=1S/C43H43N3.C35H43N3.C29H31N3/c1-28-9-13-32(14-10-28)39-44-40(33-15-11-29(2)12-16-33)46-41(45-39)36-26-34(30-17-21-37(22-18-30)42(3,4)5)25-35(27-36)31-19-23-38(24-20-31)43(6,7)8;1-5-7-9-11-13-28-23-29(14-12-10-8-6-2)25-32(24-28)35-37-33(30-19-15-26(3)16-20-30)36-34(38-35)31-21-17-27(4)18-22-31;1-18-8-12-22(13-9-18)26-30-27(23-14-10-19(2)11-15-23)32-28(31-26)25-20(3)16-24(17-21(25)4)29(5,6)7/h9-27H,1-8H3;15-25H,5-14H2,1-4H3;8-17H,1-7H3. The predicted molar refractivity (Wildman–Crippen MR) is 489 cm³/mol. The van der Waals surface area contributed by atoms with Gasteiger partial charge in [-0.05, 0) is 189 Å². The highest BCUT2D eigenvalue weighted by Gasteiger charge is 2.23. The third-order valence-corrected chi connectivity index (χ3v) is 21.7. The van der Waals surface area contributed by atoms with Crippen LogP contribution in [-0.4, -0.2) is 44.9 Å². The van der Waals surface area contributed by atoms with Crippen LogP contribution in [0.4, 0.5) is 0 Å². The van der Waals surface area contributed by atoms with Crippen LogP contribution in [0.25, 0.3) is 125 Å². The van der Waals surface area contributed by atoms with E-state index in [2.05, 4.69) is 374 Å². The Morgan fingerprint density at radius 3 is 0.672 bits per heavy atom. The molecule has 590 valence electrons.